The zero-order chi connectivity index (χ0) is 15.1. The van der Waals surface area contributed by atoms with Crippen molar-refractivity contribution in [2.24, 2.45) is 0 Å². The summed E-state index contributed by atoms with van der Waals surface area (Å²) in [4.78, 5) is 26.7. The Hall–Kier alpha value is -2.40. The summed E-state index contributed by atoms with van der Waals surface area (Å²) in [5.74, 6) is -0.0402. The molecule has 0 atom stereocenters. The molecule has 1 aromatic carbocycles. The number of pyridine rings is 1. The summed E-state index contributed by atoms with van der Waals surface area (Å²) >= 11 is 1.54. The van der Waals surface area contributed by atoms with Gasteiger partial charge in [0.1, 0.15) is 6.54 Å². The lowest BCUT2D eigenvalue weighted by molar-refractivity contribution is -0.119. The van der Waals surface area contributed by atoms with E-state index in [9.17, 15) is 9.59 Å². The Bertz CT molecular complexity index is 926. The number of anilines is 1. The molecular formula is C17H14N2O2S. The molecule has 4 rings (SSSR count). The Morgan fingerprint density at radius 3 is 2.95 bits per heavy atom. The van der Waals surface area contributed by atoms with E-state index >= 15 is 0 Å². The van der Waals surface area contributed by atoms with E-state index in [0.717, 1.165) is 16.8 Å². The first-order chi connectivity index (χ1) is 10.7. The standard InChI is InChI=1S/C17H14N2O2S/c20-16(19-9-5-12-3-1-2-4-14(12)19)11-18-8-6-15-13(17(18)21)7-10-22-15/h1-4,6-8,10H,5,9,11H2. The summed E-state index contributed by atoms with van der Waals surface area (Å²) in [7, 11) is 0. The Morgan fingerprint density at radius 2 is 2.05 bits per heavy atom. The fourth-order valence-electron chi connectivity index (χ4n) is 2.96. The first kappa shape index (κ1) is 13.3. The van der Waals surface area contributed by atoms with Crippen LogP contribution in [-0.2, 0) is 17.8 Å². The second kappa shape index (κ2) is 5.10. The maximum Gasteiger partial charge on any atom is 0.259 e. The smallest absolute Gasteiger partial charge is 0.259 e. The number of para-hydroxylation sites is 1. The number of hydrogen-bond acceptors (Lipinski definition) is 3. The van der Waals surface area contributed by atoms with Crippen LogP contribution in [0.1, 0.15) is 5.56 Å². The number of benzene rings is 1. The number of fused-ring (bicyclic) bond motifs is 2. The quantitative estimate of drug-likeness (QED) is 0.730. The van der Waals surface area contributed by atoms with Crippen LogP contribution < -0.4 is 10.5 Å². The Balaban J connectivity index is 1.64. The van der Waals surface area contributed by atoms with Crippen molar-refractivity contribution in [3.05, 3.63) is 63.9 Å². The summed E-state index contributed by atoms with van der Waals surface area (Å²) in [6.45, 7) is 0.770. The predicted octanol–water partition coefficient (Wildman–Crippen LogP) is 2.65. The van der Waals surface area contributed by atoms with Gasteiger partial charge in [0.25, 0.3) is 5.56 Å². The zero-order valence-corrected chi connectivity index (χ0v) is 12.7. The second-order valence-corrected chi connectivity index (χ2v) is 6.32. The molecule has 0 saturated heterocycles. The minimum atomic E-state index is -0.0976. The fourth-order valence-corrected chi connectivity index (χ4v) is 3.73. The molecule has 0 radical (unpaired) electrons. The van der Waals surface area contributed by atoms with Gasteiger partial charge in [0.05, 0.1) is 5.39 Å². The Kier molecular flexibility index (Phi) is 3.08. The van der Waals surface area contributed by atoms with Crippen LogP contribution in [0, 0.1) is 0 Å². The third-order valence-corrected chi connectivity index (χ3v) is 4.97. The number of carbonyl (C=O) groups excluding carboxylic acids is 1. The van der Waals surface area contributed by atoms with Crippen LogP contribution >= 0.6 is 11.3 Å². The molecule has 0 saturated carbocycles. The molecule has 1 aliphatic heterocycles. The summed E-state index contributed by atoms with van der Waals surface area (Å²) < 4.78 is 2.46. The second-order valence-electron chi connectivity index (χ2n) is 5.37. The highest BCUT2D eigenvalue weighted by Gasteiger charge is 2.24. The van der Waals surface area contributed by atoms with Crippen molar-refractivity contribution in [1.82, 2.24) is 4.57 Å². The third-order valence-electron chi connectivity index (χ3n) is 4.09. The molecule has 0 N–H and O–H groups in total. The first-order valence-electron chi connectivity index (χ1n) is 7.19. The molecule has 0 aliphatic carbocycles. The van der Waals surface area contributed by atoms with Gasteiger partial charge in [-0.2, -0.15) is 0 Å². The number of thiophene rings is 1. The van der Waals surface area contributed by atoms with Crippen LogP contribution in [0.25, 0.3) is 10.1 Å². The van der Waals surface area contributed by atoms with Gasteiger partial charge in [-0.1, -0.05) is 18.2 Å². The molecule has 1 amide bonds. The molecule has 5 heteroatoms. The summed E-state index contributed by atoms with van der Waals surface area (Å²) in [6.07, 6.45) is 2.58. The zero-order valence-electron chi connectivity index (χ0n) is 11.9. The van der Waals surface area contributed by atoms with E-state index < -0.39 is 0 Å². The maximum absolute atomic E-state index is 12.6. The lowest BCUT2D eigenvalue weighted by Crippen LogP contribution is -2.35. The minimum Gasteiger partial charge on any atom is -0.310 e. The maximum atomic E-state index is 12.6. The number of hydrogen-bond donors (Lipinski definition) is 0. The molecule has 0 bridgehead atoms. The topological polar surface area (TPSA) is 42.3 Å². The monoisotopic (exact) mass is 310 g/mol. The highest BCUT2D eigenvalue weighted by Crippen LogP contribution is 2.27. The molecule has 0 fully saturated rings. The molecule has 1 aliphatic rings. The lowest BCUT2D eigenvalue weighted by Gasteiger charge is -2.18. The van der Waals surface area contributed by atoms with Gasteiger partial charge in [-0.25, -0.2) is 0 Å². The van der Waals surface area contributed by atoms with E-state index in [2.05, 4.69) is 0 Å². The van der Waals surface area contributed by atoms with Crippen LogP contribution in [-0.4, -0.2) is 17.0 Å². The average Bonchev–Trinajstić information content (AvgIpc) is 3.16. The van der Waals surface area contributed by atoms with Crippen LogP contribution in [0.15, 0.2) is 52.8 Å². The normalized spacial score (nSPS) is 13.5. The van der Waals surface area contributed by atoms with E-state index in [-0.39, 0.29) is 18.0 Å². The number of rotatable bonds is 2. The number of nitrogens with zero attached hydrogens (tertiary/aromatic N) is 2. The van der Waals surface area contributed by atoms with Crippen LogP contribution in [0.4, 0.5) is 5.69 Å². The Labute approximate surface area is 131 Å². The van der Waals surface area contributed by atoms with Gasteiger partial charge < -0.3 is 9.47 Å². The average molecular weight is 310 g/mol. The number of carbonyl (C=O) groups is 1. The Morgan fingerprint density at radius 1 is 1.18 bits per heavy atom. The van der Waals surface area contributed by atoms with Gasteiger partial charge in [-0.15, -0.1) is 11.3 Å². The van der Waals surface area contributed by atoms with Gasteiger partial charge >= 0.3 is 0 Å². The molecule has 0 unspecified atom stereocenters. The molecule has 3 heterocycles. The summed E-state index contributed by atoms with van der Waals surface area (Å²) in [6, 6.07) is 11.6. The van der Waals surface area contributed by atoms with Crippen molar-refractivity contribution >= 4 is 33.0 Å². The van der Waals surface area contributed by atoms with Gasteiger partial charge in [0.2, 0.25) is 5.91 Å². The largest absolute Gasteiger partial charge is 0.310 e. The molecule has 110 valence electrons. The van der Waals surface area contributed by atoms with E-state index in [1.54, 1.807) is 11.1 Å². The van der Waals surface area contributed by atoms with E-state index in [1.807, 2.05) is 41.8 Å². The minimum absolute atomic E-state index is 0.0402. The van der Waals surface area contributed by atoms with Gasteiger partial charge in [0.15, 0.2) is 0 Å². The molecule has 3 aromatic rings. The first-order valence-corrected chi connectivity index (χ1v) is 8.07. The van der Waals surface area contributed by atoms with E-state index in [4.69, 9.17) is 0 Å². The highest BCUT2D eigenvalue weighted by molar-refractivity contribution is 7.17. The number of aromatic nitrogens is 1. The van der Waals surface area contributed by atoms with E-state index in [1.165, 1.54) is 21.5 Å². The predicted molar refractivity (Wildman–Crippen MR) is 88.6 cm³/mol. The van der Waals surface area contributed by atoms with Crippen molar-refractivity contribution in [1.29, 1.82) is 0 Å². The molecule has 0 spiro atoms. The number of amides is 1. The van der Waals surface area contributed by atoms with Crippen molar-refractivity contribution < 1.29 is 4.79 Å². The van der Waals surface area contributed by atoms with Crippen molar-refractivity contribution in [2.45, 2.75) is 13.0 Å². The van der Waals surface area contributed by atoms with Crippen LogP contribution in [0.5, 0.6) is 0 Å². The van der Waals surface area contributed by atoms with Gasteiger partial charge in [-0.05, 0) is 35.6 Å². The van der Waals surface area contributed by atoms with Crippen molar-refractivity contribution in [3.63, 3.8) is 0 Å². The summed E-state index contributed by atoms with van der Waals surface area (Å²) in [5.41, 5.74) is 2.06. The fraction of sp³-hybridized carbons (Fsp3) is 0.176. The van der Waals surface area contributed by atoms with Crippen molar-refractivity contribution in [2.75, 3.05) is 11.4 Å². The van der Waals surface area contributed by atoms with E-state index in [0.29, 0.717) is 11.9 Å². The molecule has 2 aromatic heterocycles. The highest BCUT2D eigenvalue weighted by atomic mass is 32.1. The van der Waals surface area contributed by atoms with Crippen LogP contribution in [0.3, 0.4) is 0 Å². The molecule has 22 heavy (non-hydrogen) atoms. The van der Waals surface area contributed by atoms with Gasteiger partial charge in [-0.3, -0.25) is 9.59 Å². The molecule has 4 nitrogen and oxygen atoms in total. The lowest BCUT2D eigenvalue weighted by atomic mass is 10.2. The third kappa shape index (κ3) is 2.05. The van der Waals surface area contributed by atoms with Gasteiger partial charge in [0, 0.05) is 23.1 Å². The van der Waals surface area contributed by atoms with Crippen LogP contribution in [0.2, 0.25) is 0 Å². The molecular weight excluding hydrogens is 296 g/mol. The summed E-state index contributed by atoms with van der Waals surface area (Å²) in [5, 5.41) is 2.58. The van der Waals surface area contributed by atoms with Crippen molar-refractivity contribution in [3.8, 4) is 0 Å². The SMILES string of the molecule is O=C(Cn1ccc2sccc2c1=O)N1CCc2ccccc21.